The topological polar surface area (TPSA) is 88.2 Å². The van der Waals surface area contributed by atoms with Crippen LogP contribution in [-0.2, 0) is 14.3 Å². The number of ether oxygens (including phenoxy) is 2. The molecule has 2 aromatic rings. The Morgan fingerprint density at radius 3 is 2.14 bits per heavy atom. The molecule has 0 radical (unpaired) electrons. The molecule has 2 aromatic carbocycles. The van der Waals surface area contributed by atoms with E-state index in [4.69, 9.17) is 9.47 Å². The van der Waals surface area contributed by atoms with Crippen molar-refractivity contribution >= 4 is 18.1 Å². The van der Waals surface area contributed by atoms with Gasteiger partial charge < -0.3 is 19.7 Å². The molecule has 8 nitrogen and oxygen atoms in total. The zero-order chi connectivity index (χ0) is 26.2. The first-order chi connectivity index (χ1) is 17.7. The maximum Gasteiger partial charge on any atom is 0.410 e. The van der Waals surface area contributed by atoms with Gasteiger partial charge in [-0.15, -0.1) is 0 Å². The van der Waals surface area contributed by atoms with Crippen molar-refractivity contribution in [2.24, 2.45) is 0 Å². The summed E-state index contributed by atoms with van der Waals surface area (Å²) in [6.07, 6.45) is 1.16. The molecule has 1 N–H and O–H groups in total. The zero-order valence-electron chi connectivity index (χ0n) is 21.7. The summed E-state index contributed by atoms with van der Waals surface area (Å²) >= 11 is 0. The third-order valence-electron chi connectivity index (χ3n) is 7.30. The Morgan fingerprint density at radius 2 is 1.54 bits per heavy atom. The highest BCUT2D eigenvalue weighted by atomic mass is 16.6. The molecular formula is C29H35N3O5. The first-order valence-electron chi connectivity index (χ1n) is 13.1. The van der Waals surface area contributed by atoms with Crippen LogP contribution < -0.4 is 5.32 Å². The van der Waals surface area contributed by atoms with E-state index in [9.17, 15) is 14.4 Å². The highest BCUT2D eigenvalue weighted by Gasteiger charge is 2.44. The maximum atomic E-state index is 13.4. The Labute approximate surface area is 217 Å². The standard InChI is InChI=1S/C29H35N3O5/c1-29(2,3)37-27(34)30-19-16-25(26(33)31-14-8-9-15-31)32(17-19)28(35)36-18-24-22-12-6-4-10-20(22)21-11-5-7-13-23(21)24/h4-7,10-13,19,24-25H,8-9,14-18H2,1-3H3,(H,30,34). The molecule has 8 heteroatoms. The van der Waals surface area contributed by atoms with E-state index in [1.807, 2.05) is 29.2 Å². The quantitative estimate of drug-likeness (QED) is 0.660. The van der Waals surface area contributed by atoms with Crippen molar-refractivity contribution in [3.8, 4) is 11.1 Å². The van der Waals surface area contributed by atoms with Crippen LogP contribution in [0.5, 0.6) is 0 Å². The van der Waals surface area contributed by atoms with E-state index in [0.717, 1.165) is 35.1 Å². The summed E-state index contributed by atoms with van der Waals surface area (Å²) in [7, 11) is 0. The molecule has 0 saturated carbocycles. The molecule has 3 aliphatic rings. The summed E-state index contributed by atoms with van der Waals surface area (Å²) in [6, 6.07) is 15.3. The largest absolute Gasteiger partial charge is 0.448 e. The van der Waals surface area contributed by atoms with Gasteiger partial charge in [0.25, 0.3) is 0 Å². The summed E-state index contributed by atoms with van der Waals surface area (Å²) < 4.78 is 11.3. The van der Waals surface area contributed by atoms with Gasteiger partial charge in [-0.25, -0.2) is 9.59 Å². The van der Waals surface area contributed by atoms with Crippen LogP contribution in [0.25, 0.3) is 11.1 Å². The van der Waals surface area contributed by atoms with E-state index in [1.54, 1.807) is 20.8 Å². The number of nitrogens with one attached hydrogen (secondary N) is 1. The van der Waals surface area contributed by atoms with Gasteiger partial charge in [0, 0.05) is 25.6 Å². The van der Waals surface area contributed by atoms with Crippen LogP contribution in [0.15, 0.2) is 48.5 Å². The number of fused-ring (bicyclic) bond motifs is 3. The lowest BCUT2D eigenvalue weighted by molar-refractivity contribution is -0.134. The second kappa shape index (κ2) is 10.1. The number of amides is 3. The monoisotopic (exact) mass is 505 g/mol. The molecule has 196 valence electrons. The van der Waals surface area contributed by atoms with Crippen molar-refractivity contribution in [2.75, 3.05) is 26.2 Å². The van der Waals surface area contributed by atoms with Gasteiger partial charge in [0.2, 0.25) is 5.91 Å². The lowest BCUT2D eigenvalue weighted by Crippen LogP contribution is -2.47. The van der Waals surface area contributed by atoms with Crippen LogP contribution in [-0.4, -0.2) is 71.8 Å². The van der Waals surface area contributed by atoms with Crippen LogP contribution in [0.1, 0.15) is 57.1 Å². The molecular weight excluding hydrogens is 470 g/mol. The predicted octanol–water partition coefficient (Wildman–Crippen LogP) is 4.53. The number of likely N-dealkylation sites (tertiary alicyclic amines) is 2. The molecule has 2 atom stereocenters. The van der Waals surface area contributed by atoms with Crippen molar-refractivity contribution in [3.05, 3.63) is 59.7 Å². The second-order valence-corrected chi connectivity index (χ2v) is 11.1. The number of rotatable bonds is 4. The minimum Gasteiger partial charge on any atom is -0.448 e. The summed E-state index contributed by atoms with van der Waals surface area (Å²) in [5, 5.41) is 2.84. The van der Waals surface area contributed by atoms with Crippen molar-refractivity contribution in [2.45, 2.75) is 63.6 Å². The fourth-order valence-corrected chi connectivity index (χ4v) is 5.68. The minimum atomic E-state index is -0.673. The minimum absolute atomic E-state index is 0.0672. The molecule has 2 unspecified atom stereocenters. The maximum absolute atomic E-state index is 13.4. The number of alkyl carbamates (subject to hydrolysis) is 1. The Hall–Kier alpha value is -3.55. The average molecular weight is 506 g/mol. The van der Waals surface area contributed by atoms with Crippen molar-refractivity contribution in [3.63, 3.8) is 0 Å². The third kappa shape index (κ3) is 5.29. The molecule has 0 bridgehead atoms. The summed E-state index contributed by atoms with van der Waals surface area (Å²) in [5.74, 6) is -0.151. The molecule has 2 heterocycles. The number of carbonyl (C=O) groups excluding carboxylic acids is 3. The second-order valence-electron chi connectivity index (χ2n) is 11.1. The number of carbonyl (C=O) groups is 3. The van der Waals surface area contributed by atoms with E-state index < -0.39 is 29.9 Å². The molecule has 2 aliphatic heterocycles. The molecule has 5 rings (SSSR count). The number of hydrogen-bond acceptors (Lipinski definition) is 5. The molecule has 2 saturated heterocycles. The van der Waals surface area contributed by atoms with Gasteiger partial charge in [-0.3, -0.25) is 9.69 Å². The number of hydrogen-bond donors (Lipinski definition) is 1. The van der Waals surface area contributed by atoms with Gasteiger partial charge in [0.1, 0.15) is 18.2 Å². The highest BCUT2D eigenvalue weighted by Crippen LogP contribution is 2.44. The summed E-state index contributed by atoms with van der Waals surface area (Å²) in [4.78, 5) is 42.4. The first kappa shape index (κ1) is 25.1. The zero-order valence-corrected chi connectivity index (χ0v) is 21.7. The molecule has 3 amide bonds. The highest BCUT2D eigenvalue weighted by molar-refractivity contribution is 5.87. The van der Waals surface area contributed by atoms with E-state index in [0.29, 0.717) is 19.5 Å². The Balaban J connectivity index is 1.30. The van der Waals surface area contributed by atoms with Crippen molar-refractivity contribution < 1.29 is 23.9 Å². The van der Waals surface area contributed by atoms with E-state index >= 15 is 0 Å². The average Bonchev–Trinajstić information content (AvgIpc) is 3.59. The van der Waals surface area contributed by atoms with Gasteiger partial charge in [0.15, 0.2) is 0 Å². The SMILES string of the molecule is CC(C)(C)OC(=O)NC1CC(C(=O)N2CCCC2)N(C(=O)OCC2c3ccccc3-c3ccccc32)C1. The third-order valence-corrected chi connectivity index (χ3v) is 7.30. The van der Waals surface area contributed by atoms with E-state index in [1.165, 1.54) is 4.90 Å². The molecule has 0 aromatic heterocycles. The first-order valence-corrected chi connectivity index (χ1v) is 13.1. The van der Waals surface area contributed by atoms with Crippen molar-refractivity contribution in [1.82, 2.24) is 15.1 Å². The van der Waals surface area contributed by atoms with E-state index in [-0.39, 0.29) is 25.0 Å². The van der Waals surface area contributed by atoms with Gasteiger partial charge in [-0.05, 0) is 62.3 Å². The van der Waals surface area contributed by atoms with Gasteiger partial charge in [0.05, 0.1) is 6.04 Å². The normalized spacial score (nSPS) is 20.9. The molecule has 1 aliphatic carbocycles. The van der Waals surface area contributed by atoms with Crippen LogP contribution >= 0.6 is 0 Å². The Kier molecular flexibility index (Phi) is 6.84. The van der Waals surface area contributed by atoms with Crippen molar-refractivity contribution in [1.29, 1.82) is 0 Å². The summed E-state index contributed by atoms with van der Waals surface area (Å²) in [5.41, 5.74) is 3.94. The van der Waals surface area contributed by atoms with Gasteiger partial charge >= 0.3 is 12.2 Å². The van der Waals surface area contributed by atoms with Crippen LogP contribution in [0.4, 0.5) is 9.59 Å². The summed E-state index contributed by atoms with van der Waals surface area (Å²) in [6.45, 7) is 7.14. The lowest BCUT2D eigenvalue weighted by atomic mass is 9.98. The number of nitrogens with zero attached hydrogens (tertiary/aromatic N) is 2. The Morgan fingerprint density at radius 1 is 0.946 bits per heavy atom. The van der Waals surface area contributed by atoms with E-state index in [2.05, 4.69) is 29.6 Å². The molecule has 37 heavy (non-hydrogen) atoms. The van der Waals surface area contributed by atoms with Crippen LogP contribution in [0.3, 0.4) is 0 Å². The van der Waals surface area contributed by atoms with Gasteiger partial charge in [-0.1, -0.05) is 48.5 Å². The van der Waals surface area contributed by atoms with Crippen LogP contribution in [0, 0.1) is 0 Å². The number of benzene rings is 2. The molecule has 2 fully saturated rings. The van der Waals surface area contributed by atoms with Gasteiger partial charge in [-0.2, -0.15) is 0 Å². The fourth-order valence-electron chi connectivity index (χ4n) is 5.68. The predicted molar refractivity (Wildman–Crippen MR) is 139 cm³/mol. The smallest absolute Gasteiger partial charge is 0.410 e. The Bertz CT molecular complexity index is 1140. The fraction of sp³-hybridized carbons (Fsp3) is 0.483. The molecule has 0 spiro atoms. The van der Waals surface area contributed by atoms with Crippen LogP contribution in [0.2, 0.25) is 0 Å². The lowest BCUT2D eigenvalue weighted by Gasteiger charge is -2.27.